The number of benzene rings is 1. The Morgan fingerprint density at radius 2 is 2.30 bits per heavy atom. The minimum Gasteiger partial charge on any atom is -0.383 e. The van der Waals surface area contributed by atoms with E-state index in [1.54, 1.807) is 7.11 Å². The van der Waals surface area contributed by atoms with Gasteiger partial charge in [-0.15, -0.1) is 0 Å². The van der Waals surface area contributed by atoms with E-state index in [1.165, 1.54) is 6.33 Å². The molecule has 2 aromatic rings. The smallest absolute Gasteiger partial charge is 0.191 e. The summed E-state index contributed by atoms with van der Waals surface area (Å²) in [5.41, 5.74) is 2.11. The molecular weight excluding hydrogens is 292 g/mol. The van der Waals surface area contributed by atoms with Crippen molar-refractivity contribution in [3.8, 4) is 11.4 Å². The number of nitrogens with one attached hydrogen (secondary N) is 3. The fourth-order valence-corrected chi connectivity index (χ4v) is 2.18. The summed E-state index contributed by atoms with van der Waals surface area (Å²) in [7, 11) is 1.69. The van der Waals surface area contributed by atoms with Gasteiger partial charge >= 0.3 is 0 Å². The Morgan fingerprint density at radius 3 is 3.00 bits per heavy atom. The number of rotatable bonds is 7. The fourth-order valence-electron chi connectivity index (χ4n) is 2.18. The van der Waals surface area contributed by atoms with E-state index in [0.717, 1.165) is 29.5 Å². The maximum Gasteiger partial charge on any atom is 0.191 e. The SMILES string of the molecule is CCNC(=NCc1cccc(-c2ncn[nH]2)c1)NC(C)COC. The van der Waals surface area contributed by atoms with Crippen LogP contribution in [0.4, 0.5) is 0 Å². The van der Waals surface area contributed by atoms with E-state index in [9.17, 15) is 0 Å². The minimum absolute atomic E-state index is 0.193. The predicted molar refractivity (Wildman–Crippen MR) is 91.1 cm³/mol. The molecule has 1 heterocycles. The van der Waals surface area contributed by atoms with Crippen LogP contribution in [0.3, 0.4) is 0 Å². The average Bonchev–Trinajstić information content (AvgIpc) is 3.08. The molecule has 0 aliphatic rings. The van der Waals surface area contributed by atoms with Crippen LogP contribution in [0.5, 0.6) is 0 Å². The fraction of sp³-hybridized carbons (Fsp3) is 0.438. The van der Waals surface area contributed by atoms with Crippen LogP contribution in [-0.2, 0) is 11.3 Å². The Hall–Kier alpha value is -2.41. The quantitative estimate of drug-likeness (QED) is 0.533. The lowest BCUT2D eigenvalue weighted by atomic mass is 10.1. The molecule has 1 unspecified atom stereocenters. The molecule has 0 aliphatic heterocycles. The first-order chi connectivity index (χ1) is 11.2. The largest absolute Gasteiger partial charge is 0.383 e. The lowest BCUT2D eigenvalue weighted by molar-refractivity contribution is 0.179. The van der Waals surface area contributed by atoms with E-state index < -0.39 is 0 Å². The summed E-state index contributed by atoms with van der Waals surface area (Å²) in [6.07, 6.45) is 1.50. The Bertz CT molecular complexity index is 611. The number of aliphatic imine (C=N–C) groups is 1. The Labute approximate surface area is 136 Å². The van der Waals surface area contributed by atoms with Gasteiger partial charge in [0.15, 0.2) is 11.8 Å². The van der Waals surface area contributed by atoms with Gasteiger partial charge in [-0.25, -0.2) is 9.98 Å². The highest BCUT2D eigenvalue weighted by molar-refractivity contribution is 5.80. The van der Waals surface area contributed by atoms with Crippen LogP contribution in [0.1, 0.15) is 19.4 Å². The molecule has 124 valence electrons. The number of aromatic nitrogens is 3. The molecule has 7 heteroatoms. The molecule has 1 aromatic heterocycles. The van der Waals surface area contributed by atoms with Crippen molar-refractivity contribution in [2.24, 2.45) is 4.99 Å². The highest BCUT2D eigenvalue weighted by atomic mass is 16.5. The van der Waals surface area contributed by atoms with Crippen LogP contribution in [-0.4, -0.2) is 47.4 Å². The third kappa shape index (κ3) is 5.37. The molecule has 7 nitrogen and oxygen atoms in total. The molecule has 0 amide bonds. The highest BCUT2D eigenvalue weighted by Crippen LogP contribution is 2.15. The van der Waals surface area contributed by atoms with E-state index in [2.05, 4.69) is 43.8 Å². The number of guanidine groups is 1. The Kier molecular flexibility index (Phi) is 6.56. The van der Waals surface area contributed by atoms with Gasteiger partial charge in [-0.2, -0.15) is 5.10 Å². The van der Waals surface area contributed by atoms with Crippen LogP contribution >= 0.6 is 0 Å². The number of H-pyrrole nitrogens is 1. The second-order valence-corrected chi connectivity index (χ2v) is 5.23. The van der Waals surface area contributed by atoms with E-state index in [0.29, 0.717) is 13.2 Å². The molecule has 0 saturated heterocycles. The van der Waals surface area contributed by atoms with Crippen molar-refractivity contribution in [2.75, 3.05) is 20.3 Å². The van der Waals surface area contributed by atoms with Crippen molar-refractivity contribution in [3.05, 3.63) is 36.2 Å². The summed E-state index contributed by atoms with van der Waals surface area (Å²) in [5.74, 6) is 1.54. The first kappa shape index (κ1) is 17.0. The van der Waals surface area contributed by atoms with Gasteiger partial charge in [-0.1, -0.05) is 18.2 Å². The molecule has 2 rings (SSSR count). The zero-order chi connectivity index (χ0) is 16.5. The summed E-state index contributed by atoms with van der Waals surface area (Å²) in [6.45, 7) is 6.12. The van der Waals surface area contributed by atoms with Crippen LogP contribution in [0.2, 0.25) is 0 Å². The van der Waals surface area contributed by atoms with Gasteiger partial charge in [-0.05, 0) is 25.5 Å². The molecule has 1 atom stereocenters. The first-order valence-electron chi connectivity index (χ1n) is 7.71. The van der Waals surface area contributed by atoms with Crippen LogP contribution in [0, 0.1) is 0 Å². The molecule has 0 aliphatic carbocycles. The summed E-state index contributed by atoms with van der Waals surface area (Å²) < 4.78 is 5.14. The summed E-state index contributed by atoms with van der Waals surface area (Å²) >= 11 is 0. The third-order valence-corrected chi connectivity index (χ3v) is 3.18. The van der Waals surface area contributed by atoms with E-state index in [1.807, 2.05) is 25.1 Å². The number of aromatic amines is 1. The highest BCUT2D eigenvalue weighted by Gasteiger charge is 2.05. The lowest BCUT2D eigenvalue weighted by Crippen LogP contribution is -2.43. The van der Waals surface area contributed by atoms with Crippen molar-refractivity contribution < 1.29 is 4.74 Å². The molecule has 3 N–H and O–H groups in total. The maximum atomic E-state index is 5.14. The van der Waals surface area contributed by atoms with Gasteiger partial charge in [0.2, 0.25) is 0 Å². The second kappa shape index (κ2) is 8.89. The number of hydrogen-bond donors (Lipinski definition) is 3. The van der Waals surface area contributed by atoms with Gasteiger partial charge in [0.05, 0.1) is 13.2 Å². The predicted octanol–water partition coefficient (Wildman–Crippen LogP) is 1.56. The topological polar surface area (TPSA) is 87.2 Å². The molecule has 0 radical (unpaired) electrons. The maximum absolute atomic E-state index is 5.14. The Balaban J connectivity index is 2.05. The van der Waals surface area contributed by atoms with Crippen molar-refractivity contribution in [3.63, 3.8) is 0 Å². The molecule has 0 bridgehead atoms. The third-order valence-electron chi connectivity index (χ3n) is 3.18. The summed E-state index contributed by atoms with van der Waals surface area (Å²) in [6, 6.07) is 8.30. The normalized spacial score (nSPS) is 12.9. The van der Waals surface area contributed by atoms with E-state index >= 15 is 0 Å². The number of ether oxygens (including phenoxy) is 1. The zero-order valence-electron chi connectivity index (χ0n) is 13.8. The molecule has 1 aromatic carbocycles. The number of nitrogens with zero attached hydrogens (tertiary/aromatic N) is 3. The average molecular weight is 316 g/mol. The molecule has 0 spiro atoms. The van der Waals surface area contributed by atoms with Crippen molar-refractivity contribution in [1.29, 1.82) is 0 Å². The molecular formula is C16H24N6O. The van der Waals surface area contributed by atoms with Crippen LogP contribution in [0.15, 0.2) is 35.6 Å². The van der Waals surface area contributed by atoms with Crippen molar-refractivity contribution in [2.45, 2.75) is 26.4 Å². The van der Waals surface area contributed by atoms with Gasteiger partial charge in [0.1, 0.15) is 6.33 Å². The monoisotopic (exact) mass is 316 g/mol. The van der Waals surface area contributed by atoms with E-state index in [4.69, 9.17) is 4.74 Å². The molecule has 0 fully saturated rings. The van der Waals surface area contributed by atoms with Crippen molar-refractivity contribution >= 4 is 5.96 Å². The number of methoxy groups -OCH3 is 1. The minimum atomic E-state index is 0.193. The van der Waals surface area contributed by atoms with Crippen LogP contribution in [0.25, 0.3) is 11.4 Å². The number of hydrogen-bond acceptors (Lipinski definition) is 4. The molecule has 23 heavy (non-hydrogen) atoms. The summed E-state index contributed by atoms with van der Waals surface area (Å²) in [5, 5.41) is 13.3. The van der Waals surface area contributed by atoms with Crippen LogP contribution < -0.4 is 10.6 Å². The second-order valence-electron chi connectivity index (χ2n) is 5.23. The van der Waals surface area contributed by atoms with Gasteiger partial charge < -0.3 is 15.4 Å². The first-order valence-corrected chi connectivity index (χ1v) is 7.71. The standard InChI is InChI=1S/C16H24N6O/c1-4-17-16(21-12(2)10-23-3)18-9-13-6-5-7-14(8-13)15-19-11-20-22-15/h5-8,11-12H,4,9-10H2,1-3H3,(H2,17,18,21)(H,19,20,22). The molecule has 0 saturated carbocycles. The van der Waals surface area contributed by atoms with Gasteiger partial charge in [0.25, 0.3) is 0 Å². The van der Waals surface area contributed by atoms with E-state index in [-0.39, 0.29) is 6.04 Å². The Morgan fingerprint density at radius 1 is 1.43 bits per heavy atom. The van der Waals surface area contributed by atoms with Crippen molar-refractivity contribution in [1.82, 2.24) is 25.8 Å². The lowest BCUT2D eigenvalue weighted by Gasteiger charge is -2.17. The van der Waals surface area contributed by atoms with Gasteiger partial charge in [0, 0.05) is 25.3 Å². The zero-order valence-corrected chi connectivity index (χ0v) is 13.8. The summed E-state index contributed by atoms with van der Waals surface area (Å²) in [4.78, 5) is 8.79. The van der Waals surface area contributed by atoms with Gasteiger partial charge in [-0.3, -0.25) is 5.10 Å².